The van der Waals surface area contributed by atoms with E-state index in [0.717, 1.165) is 5.56 Å². The third-order valence-corrected chi connectivity index (χ3v) is 3.13. The maximum absolute atomic E-state index is 11.9. The van der Waals surface area contributed by atoms with Gasteiger partial charge in [-0.05, 0) is 31.0 Å². The Morgan fingerprint density at radius 3 is 2.57 bits per heavy atom. The van der Waals surface area contributed by atoms with E-state index in [2.05, 4.69) is 5.32 Å². The lowest BCUT2D eigenvalue weighted by atomic mass is 10.0. The predicted molar refractivity (Wildman–Crippen MR) is 80.3 cm³/mol. The molecule has 5 nitrogen and oxygen atoms in total. The predicted octanol–water partition coefficient (Wildman–Crippen LogP) is 2.79. The molecule has 21 heavy (non-hydrogen) atoms. The average molecular weight is 314 g/mol. The fourth-order valence-corrected chi connectivity index (χ4v) is 1.99. The van der Waals surface area contributed by atoms with E-state index in [9.17, 15) is 9.59 Å². The second-order valence-electron chi connectivity index (χ2n) is 4.57. The molecular weight excluding hydrogens is 294 g/mol. The molecule has 0 saturated carbocycles. The zero-order chi connectivity index (χ0) is 15.7. The number of aliphatic carboxylic acids is 1. The van der Waals surface area contributed by atoms with Crippen LogP contribution in [0, 0.1) is 0 Å². The van der Waals surface area contributed by atoms with Crippen LogP contribution in [0.3, 0.4) is 0 Å². The van der Waals surface area contributed by atoms with Crippen LogP contribution in [-0.2, 0) is 14.3 Å². The van der Waals surface area contributed by atoms with Crippen LogP contribution in [0.25, 0.3) is 0 Å². The number of rotatable bonds is 9. The number of carboxylic acids is 1. The molecule has 1 amide bonds. The molecule has 0 aliphatic carbocycles. The van der Waals surface area contributed by atoms with Crippen molar-refractivity contribution < 1.29 is 19.4 Å². The Hall–Kier alpha value is -1.59. The molecule has 0 aliphatic rings. The minimum absolute atomic E-state index is 0.168. The average Bonchev–Trinajstić information content (AvgIpc) is 2.43. The summed E-state index contributed by atoms with van der Waals surface area (Å²) < 4.78 is 5.16. The van der Waals surface area contributed by atoms with E-state index in [1.54, 1.807) is 24.3 Å². The van der Waals surface area contributed by atoms with E-state index < -0.39 is 12.0 Å². The summed E-state index contributed by atoms with van der Waals surface area (Å²) in [6.45, 7) is 3.03. The summed E-state index contributed by atoms with van der Waals surface area (Å²) in [6, 6.07) is 6.23. The SMILES string of the molecule is CCOCCCC(=O)N[C@@H](CC(=O)O)c1ccc(Cl)cc1. The molecule has 0 fully saturated rings. The Bertz CT molecular complexity index is 461. The molecule has 6 heteroatoms. The first kappa shape index (κ1) is 17.5. The van der Waals surface area contributed by atoms with Crippen molar-refractivity contribution >= 4 is 23.5 Å². The van der Waals surface area contributed by atoms with Crippen LogP contribution >= 0.6 is 11.6 Å². The molecule has 0 heterocycles. The van der Waals surface area contributed by atoms with Crippen LogP contribution in [0.1, 0.15) is 37.8 Å². The summed E-state index contributed by atoms with van der Waals surface area (Å²) >= 11 is 5.81. The van der Waals surface area contributed by atoms with Gasteiger partial charge in [-0.15, -0.1) is 0 Å². The van der Waals surface area contributed by atoms with Gasteiger partial charge < -0.3 is 15.2 Å². The molecule has 116 valence electrons. The maximum Gasteiger partial charge on any atom is 0.305 e. The van der Waals surface area contributed by atoms with Gasteiger partial charge in [0, 0.05) is 24.7 Å². The Morgan fingerprint density at radius 2 is 2.00 bits per heavy atom. The Balaban J connectivity index is 2.59. The van der Waals surface area contributed by atoms with E-state index in [1.165, 1.54) is 0 Å². The number of halogens is 1. The number of carboxylic acid groups (broad SMARTS) is 1. The highest BCUT2D eigenvalue weighted by atomic mass is 35.5. The van der Waals surface area contributed by atoms with Crippen molar-refractivity contribution in [2.45, 2.75) is 32.2 Å². The fraction of sp³-hybridized carbons (Fsp3) is 0.467. The summed E-state index contributed by atoms with van der Waals surface area (Å²) in [6.07, 6.45) is 0.753. The Morgan fingerprint density at radius 1 is 1.33 bits per heavy atom. The molecule has 1 rings (SSSR count). The minimum Gasteiger partial charge on any atom is -0.481 e. The van der Waals surface area contributed by atoms with Crippen LogP contribution in [-0.4, -0.2) is 30.2 Å². The smallest absolute Gasteiger partial charge is 0.305 e. The normalized spacial score (nSPS) is 11.9. The number of ether oxygens (including phenoxy) is 1. The molecule has 1 atom stereocenters. The van der Waals surface area contributed by atoms with Gasteiger partial charge >= 0.3 is 5.97 Å². The summed E-state index contributed by atoms with van der Waals surface area (Å²) in [5.74, 6) is -1.15. The number of nitrogens with one attached hydrogen (secondary N) is 1. The summed E-state index contributed by atoms with van der Waals surface area (Å²) in [4.78, 5) is 22.8. The van der Waals surface area contributed by atoms with Gasteiger partial charge in [0.2, 0.25) is 5.91 Å². The number of carbonyl (C=O) groups excluding carboxylic acids is 1. The van der Waals surface area contributed by atoms with Gasteiger partial charge in [-0.25, -0.2) is 0 Å². The van der Waals surface area contributed by atoms with Gasteiger partial charge in [0.25, 0.3) is 0 Å². The van der Waals surface area contributed by atoms with E-state index in [-0.39, 0.29) is 12.3 Å². The van der Waals surface area contributed by atoms with E-state index in [1.807, 2.05) is 6.92 Å². The molecule has 2 N–H and O–H groups in total. The van der Waals surface area contributed by atoms with Crippen molar-refractivity contribution in [2.75, 3.05) is 13.2 Å². The molecule has 1 aromatic carbocycles. The largest absolute Gasteiger partial charge is 0.481 e. The molecule has 0 aromatic heterocycles. The third kappa shape index (κ3) is 7.11. The van der Waals surface area contributed by atoms with Crippen molar-refractivity contribution in [2.24, 2.45) is 0 Å². The van der Waals surface area contributed by atoms with Gasteiger partial charge in [-0.3, -0.25) is 9.59 Å². The molecule has 0 spiro atoms. The van der Waals surface area contributed by atoms with Gasteiger partial charge in [0.15, 0.2) is 0 Å². The Labute approximate surface area is 129 Å². The second-order valence-corrected chi connectivity index (χ2v) is 5.01. The summed E-state index contributed by atoms with van der Waals surface area (Å²) in [5.41, 5.74) is 0.722. The van der Waals surface area contributed by atoms with Crippen LogP contribution in [0.15, 0.2) is 24.3 Å². The topological polar surface area (TPSA) is 75.6 Å². The monoisotopic (exact) mass is 313 g/mol. The molecule has 0 radical (unpaired) electrons. The molecule has 1 aromatic rings. The van der Waals surface area contributed by atoms with Gasteiger partial charge in [0.1, 0.15) is 0 Å². The first-order valence-corrected chi connectivity index (χ1v) is 7.25. The molecule has 0 bridgehead atoms. The standard InChI is InChI=1S/C15H20ClNO4/c1-2-21-9-3-4-14(18)17-13(10-15(19)20)11-5-7-12(16)8-6-11/h5-8,13H,2-4,9-10H2,1H3,(H,17,18)(H,19,20)/t13-/m0/s1. The quantitative estimate of drug-likeness (QED) is 0.687. The highest BCUT2D eigenvalue weighted by molar-refractivity contribution is 6.30. The summed E-state index contributed by atoms with van der Waals surface area (Å²) in [5, 5.41) is 12.3. The molecular formula is C15H20ClNO4. The van der Waals surface area contributed by atoms with Crippen molar-refractivity contribution in [1.29, 1.82) is 0 Å². The Kier molecular flexibility index (Phi) is 7.79. The van der Waals surface area contributed by atoms with Crippen LogP contribution in [0.4, 0.5) is 0 Å². The second kappa shape index (κ2) is 9.37. The minimum atomic E-state index is -0.968. The number of carbonyl (C=O) groups is 2. The van der Waals surface area contributed by atoms with E-state index in [4.69, 9.17) is 21.4 Å². The maximum atomic E-state index is 11.9. The van der Waals surface area contributed by atoms with Crippen molar-refractivity contribution in [3.63, 3.8) is 0 Å². The fourth-order valence-electron chi connectivity index (χ4n) is 1.87. The molecule has 0 aliphatic heterocycles. The van der Waals surface area contributed by atoms with Crippen LogP contribution < -0.4 is 5.32 Å². The number of amides is 1. The highest BCUT2D eigenvalue weighted by Crippen LogP contribution is 2.19. The first-order chi connectivity index (χ1) is 10.0. The van der Waals surface area contributed by atoms with E-state index in [0.29, 0.717) is 31.1 Å². The lowest BCUT2D eigenvalue weighted by Gasteiger charge is -2.17. The van der Waals surface area contributed by atoms with Crippen molar-refractivity contribution in [1.82, 2.24) is 5.32 Å². The van der Waals surface area contributed by atoms with Crippen molar-refractivity contribution in [3.05, 3.63) is 34.9 Å². The highest BCUT2D eigenvalue weighted by Gasteiger charge is 2.17. The number of hydrogen-bond acceptors (Lipinski definition) is 3. The summed E-state index contributed by atoms with van der Waals surface area (Å²) in [7, 11) is 0. The van der Waals surface area contributed by atoms with Crippen LogP contribution in [0.5, 0.6) is 0 Å². The third-order valence-electron chi connectivity index (χ3n) is 2.88. The zero-order valence-corrected chi connectivity index (χ0v) is 12.7. The van der Waals surface area contributed by atoms with Gasteiger partial charge in [-0.1, -0.05) is 23.7 Å². The van der Waals surface area contributed by atoms with E-state index >= 15 is 0 Å². The molecule has 0 saturated heterocycles. The number of hydrogen-bond donors (Lipinski definition) is 2. The molecule has 0 unspecified atom stereocenters. The zero-order valence-electron chi connectivity index (χ0n) is 12.0. The van der Waals surface area contributed by atoms with Crippen molar-refractivity contribution in [3.8, 4) is 0 Å². The lowest BCUT2D eigenvalue weighted by molar-refractivity contribution is -0.137. The lowest BCUT2D eigenvalue weighted by Crippen LogP contribution is -2.30. The number of benzene rings is 1. The first-order valence-electron chi connectivity index (χ1n) is 6.87. The van der Waals surface area contributed by atoms with Crippen LogP contribution in [0.2, 0.25) is 5.02 Å². The van der Waals surface area contributed by atoms with Gasteiger partial charge in [0.05, 0.1) is 12.5 Å². The van der Waals surface area contributed by atoms with Gasteiger partial charge in [-0.2, -0.15) is 0 Å².